The van der Waals surface area contributed by atoms with Crippen LogP contribution >= 0.6 is 0 Å². The molecule has 0 fully saturated rings. The van der Waals surface area contributed by atoms with Crippen LogP contribution in [0.2, 0.25) is 0 Å². The molecule has 1 aromatic rings. The Balaban J connectivity index is 2.11. The molecule has 24 heavy (non-hydrogen) atoms. The summed E-state index contributed by atoms with van der Waals surface area (Å²) in [7, 11) is 1.64. The predicted molar refractivity (Wildman–Crippen MR) is 91.2 cm³/mol. The molecule has 0 aromatic carbocycles. The summed E-state index contributed by atoms with van der Waals surface area (Å²) >= 11 is 0. The van der Waals surface area contributed by atoms with Gasteiger partial charge in [0.2, 0.25) is 0 Å². The van der Waals surface area contributed by atoms with Crippen molar-refractivity contribution in [3.05, 3.63) is 17.2 Å². The molecule has 1 aliphatic heterocycles. The van der Waals surface area contributed by atoms with Gasteiger partial charge in [-0.1, -0.05) is 13.3 Å². The summed E-state index contributed by atoms with van der Waals surface area (Å²) in [5.41, 5.74) is 1.28. The third-order valence-corrected chi connectivity index (χ3v) is 4.16. The van der Waals surface area contributed by atoms with E-state index in [1.54, 1.807) is 7.11 Å². The number of ether oxygens (including phenoxy) is 1. The van der Waals surface area contributed by atoms with Gasteiger partial charge in [-0.3, -0.25) is 9.59 Å². The lowest BCUT2D eigenvalue weighted by Gasteiger charge is -2.17. The van der Waals surface area contributed by atoms with Gasteiger partial charge in [-0.25, -0.2) is 4.98 Å². The molecule has 0 bridgehead atoms. The number of rotatable bonds is 9. The van der Waals surface area contributed by atoms with E-state index in [0.717, 1.165) is 50.8 Å². The van der Waals surface area contributed by atoms with Gasteiger partial charge >= 0.3 is 0 Å². The first kappa shape index (κ1) is 18.4. The van der Waals surface area contributed by atoms with Crippen molar-refractivity contribution in [2.24, 2.45) is 0 Å². The minimum Gasteiger partial charge on any atom is -0.385 e. The average molecular weight is 336 g/mol. The minimum atomic E-state index is -0.204. The Kier molecular flexibility index (Phi) is 7.24. The van der Waals surface area contributed by atoms with Crippen LogP contribution in [0.15, 0.2) is 0 Å². The number of nitrogens with zero attached hydrogens (tertiary/aromatic N) is 2. The zero-order chi connectivity index (χ0) is 17.4. The van der Waals surface area contributed by atoms with Gasteiger partial charge in [-0.05, 0) is 32.1 Å². The van der Waals surface area contributed by atoms with E-state index in [1.807, 2.05) is 4.57 Å². The van der Waals surface area contributed by atoms with Gasteiger partial charge in [-0.15, -0.1) is 0 Å². The summed E-state index contributed by atoms with van der Waals surface area (Å²) in [5.74, 6) is -0.0303. The molecular weight excluding hydrogens is 308 g/mol. The molecule has 7 nitrogen and oxygen atoms in total. The molecule has 7 heteroatoms. The molecule has 0 saturated carbocycles. The highest BCUT2D eigenvalue weighted by molar-refractivity contribution is 5.97. The maximum atomic E-state index is 12.4. The number of hydrogen-bond acceptors (Lipinski definition) is 4. The monoisotopic (exact) mass is 336 g/mol. The van der Waals surface area contributed by atoms with Gasteiger partial charge in [0.25, 0.3) is 11.8 Å². The number of hydrogen-bond donors (Lipinski definition) is 2. The Morgan fingerprint density at radius 2 is 1.92 bits per heavy atom. The molecule has 1 aliphatic rings. The largest absolute Gasteiger partial charge is 0.385 e. The number of amides is 2. The SMILES string of the molecule is CCCCNC(=O)c1nc(C(=O)NCCCOC)c2n1CCCC2. The number of aromatic nitrogens is 2. The van der Waals surface area contributed by atoms with Gasteiger partial charge in [-0.2, -0.15) is 0 Å². The van der Waals surface area contributed by atoms with Crippen molar-refractivity contribution in [1.29, 1.82) is 0 Å². The number of nitrogens with one attached hydrogen (secondary N) is 2. The molecule has 2 heterocycles. The molecule has 2 N–H and O–H groups in total. The number of fused-ring (bicyclic) bond motifs is 1. The van der Waals surface area contributed by atoms with Gasteiger partial charge in [0.05, 0.1) is 5.69 Å². The Hall–Kier alpha value is -1.89. The highest BCUT2D eigenvalue weighted by atomic mass is 16.5. The molecule has 2 rings (SSSR count). The highest BCUT2D eigenvalue weighted by Gasteiger charge is 2.27. The molecule has 134 valence electrons. The fraction of sp³-hybridized carbons (Fsp3) is 0.706. The second-order valence-electron chi connectivity index (χ2n) is 6.05. The van der Waals surface area contributed by atoms with Crippen LogP contribution in [0.4, 0.5) is 0 Å². The van der Waals surface area contributed by atoms with Crippen molar-refractivity contribution >= 4 is 11.8 Å². The van der Waals surface area contributed by atoms with Gasteiger partial charge in [0.15, 0.2) is 5.82 Å². The van der Waals surface area contributed by atoms with Gasteiger partial charge in [0, 0.05) is 33.4 Å². The van der Waals surface area contributed by atoms with Crippen molar-refractivity contribution in [2.75, 3.05) is 26.8 Å². The number of imidazole rings is 1. The fourth-order valence-electron chi connectivity index (χ4n) is 2.86. The van der Waals surface area contributed by atoms with Crippen molar-refractivity contribution < 1.29 is 14.3 Å². The van der Waals surface area contributed by atoms with Crippen LogP contribution in [0.5, 0.6) is 0 Å². The molecular formula is C17H28N4O3. The lowest BCUT2D eigenvalue weighted by molar-refractivity contribution is 0.0937. The van der Waals surface area contributed by atoms with E-state index in [4.69, 9.17) is 4.74 Å². The Labute approximate surface area is 143 Å². The van der Waals surface area contributed by atoms with Crippen molar-refractivity contribution in [3.63, 3.8) is 0 Å². The van der Waals surface area contributed by atoms with Crippen molar-refractivity contribution in [2.45, 2.75) is 52.0 Å². The van der Waals surface area contributed by atoms with E-state index < -0.39 is 0 Å². The second-order valence-corrected chi connectivity index (χ2v) is 6.05. The molecule has 0 atom stereocenters. The van der Waals surface area contributed by atoms with Crippen molar-refractivity contribution in [1.82, 2.24) is 20.2 Å². The van der Waals surface area contributed by atoms with E-state index in [1.165, 1.54) is 0 Å². The topological polar surface area (TPSA) is 85.2 Å². The summed E-state index contributed by atoms with van der Waals surface area (Å²) in [5, 5.41) is 5.75. The summed E-state index contributed by atoms with van der Waals surface area (Å²) in [6.07, 6.45) is 5.53. The summed E-state index contributed by atoms with van der Waals surface area (Å²) in [4.78, 5) is 29.2. The van der Waals surface area contributed by atoms with Crippen LogP contribution < -0.4 is 10.6 Å². The Morgan fingerprint density at radius 1 is 1.17 bits per heavy atom. The lowest BCUT2D eigenvalue weighted by Crippen LogP contribution is -2.28. The molecule has 0 aliphatic carbocycles. The van der Waals surface area contributed by atoms with Crippen LogP contribution in [0, 0.1) is 0 Å². The molecule has 2 amide bonds. The zero-order valence-electron chi connectivity index (χ0n) is 14.7. The summed E-state index contributed by atoms with van der Waals surface area (Å²) in [6, 6.07) is 0. The van der Waals surface area contributed by atoms with E-state index in [2.05, 4.69) is 22.5 Å². The zero-order valence-corrected chi connectivity index (χ0v) is 14.7. The third-order valence-electron chi connectivity index (χ3n) is 4.16. The van der Waals surface area contributed by atoms with Gasteiger partial charge in [0.1, 0.15) is 5.69 Å². The first-order valence-electron chi connectivity index (χ1n) is 8.83. The summed E-state index contributed by atoms with van der Waals surface area (Å²) in [6.45, 7) is 4.60. The third kappa shape index (κ3) is 4.56. The average Bonchev–Trinajstić information content (AvgIpc) is 2.98. The first-order valence-corrected chi connectivity index (χ1v) is 8.83. The van der Waals surface area contributed by atoms with Crippen LogP contribution in [0.1, 0.15) is 65.8 Å². The van der Waals surface area contributed by atoms with Crippen molar-refractivity contribution in [3.8, 4) is 0 Å². The lowest BCUT2D eigenvalue weighted by atomic mass is 10.1. The minimum absolute atomic E-state index is 0.190. The first-order chi connectivity index (χ1) is 11.7. The molecule has 0 radical (unpaired) electrons. The van der Waals surface area contributed by atoms with Crippen LogP contribution in [-0.4, -0.2) is 48.2 Å². The van der Waals surface area contributed by atoms with Crippen LogP contribution in [0.3, 0.4) is 0 Å². The van der Waals surface area contributed by atoms with Crippen LogP contribution in [0.25, 0.3) is 0 Å². The maximum absolute atomic E-state index is 12.4. The predicted octanol–water partition coefficient (Wildman–Crippen LogP) is 1.52. The normalized spacial score (nSPS) is 13.4. The highest BCUT2D eigenvalue weighted by Crippen LogP contribution is 2.21. The number of unbranched alkanes of at least 4 members (excludes halogenated alkanes) is 1. The Bertz CT molecular complexity index is 568. The molecule has 0 spiro atoms. The summed E-state index contributed by atoms with van der Waals surface area (Å²) < 4.78 is 6.89. The van der Waals surface area contributed by atoms with Gasteiger partial charge < -0.3 is 19.9 Å². The standard InChI is InChI=1S/C17H28N4O3/c1-3-4-9-19-17(23)15-20-14(13-8-5-6-11-21(13)15)16(22)18-10-7-12-24-2/h3-12H2,1-2H3,(H,18,22)(H,19,23). The molecule has 1 aromatic heterocycles. The Morgan fingerprint density at radius 3 is 2.67 bits per heavy atom. The van der Waals surface area contributed by atoms with E-state index in [0.29, 0.717) is 31.2 Å². The second kappa shape index (κ2) is 9.42. The maximum Gasteiger partial charge on any atom is 0.287 e. The molecule has 0 saturated heterocycles. The molecule has 0 unspecified atom stereocenters. The van der Waals surface area contributed by atoms with E-state index in [-0.39, 0.29) is 11.8 Å². The smallest absolute Gasteiger partial charge is 0.287 e. The number of methoxy groups -OCH3 is 1. The fourth-order valence-corrected chi connectivity index (χ4v) is 2.86. The van der Waals surface area contributed by atoms with E-state index >= 15 is 0 Å². The van der Waals surface area contributed by atoms with Crippen LogP contribution in [-0.2, 0) is 17.7 Å². The number of carbonyl (C=O) groups excluding carboxylic acids is 2. The quantitative estimate of drug-likeness (QED) is 0.670. The number of carbonyl (C=O) groups is 2. The van der Waals surface area contributed by atoms with E-state index in [9.17, 15) is 9.59 Å².